The number of hydrogen-bond donors (Lipinski definition) is 2. The van der Waals surface area contributed by atoms with Crippen LogP contribution < -0.4 is 16.2 Å². The van der Waals surface area contributed by atoms with Gasteiger partial charge in [-0.05, 0) is 78.3 Å². The van der Waals surface area contributed by atoms with Gasteiger partial charge in [-0.15, -0.1) is 0 Å². The molecule has 1 aromatic carbocycles. The Morgan fingerprint density at radius 3 is 2.85 bits per heavy atom. The number of aryl methyl sites for hydroxylation is 1. The van der Waals surface area contributed by atoms with Crippen LogP contribution in [0.15, 0.2) is 58.3 Å². The maximum Gasteiger partial charge on any atom is 0.166 e. The standard InChI is InChI=1S/C25H28BrFN6O/c1-15(34-24-10-17(26)14-30-25(24)29)21-11-18(27)6-7-22(21)31-19(8-9-28)12-20-13-23(33(2)32-20)16-4-3-5-16/h6-11,13-16H,3-5,12,28H2,1-2H3,(H2,29,30)/t15-/m1/s1. The summed E-state index contributed by atoms with van der Waals surface area (Å²) < 4.78 is 22.9. The summed E-state index contributed by atoms with van der Waals surface area (Å²) in [5.41, 5.74) is 15.7. The molecule has 4 N–H and O–H groups in total. The van der Waals surface area contributed by atoms with Crippen LogP contribution in [0.4, 0.5) is 15.9 Å². The van der Waals surface area contributed by atoms with E-state index in [4.69, 9.17) is 21.2 Å². The van der Waals surface area contributed by atoms with Gasteiger partial charge in [-0.25, -0.2) is 9.37 Å². The molecule has 3 aromatic rings. The van der Waals surface area contributed by atoms with E-state index >= 15 is 0 Å². The topological polar surface area (TPSA) is 104 Å². The third-order valence-corrected chi connectivity index (χ3v) is 6.42. The highest BCUT2D eigenvalue weighted by molar-refractivity contribution is 9.10. The van der Waals surface area contributed by atoms with Crippen molar-refractivity contribution in [3.8, 4) is 5.75 Å². The monoisotopic (exact) mass is 526 g/mol. The predicted molar refractivity (Wildman–Crippen MR) is 136 cm³/mol. The van der Waals surface area contributed by atoms with Gasteiger partial charge in [-0.2, -0.15) is 5.10 Å². The Bertz CT molecular complexity index is 1230. The second kappa shape index (κ2) is 10.4. The Kier molecular flexibility index (Phi) is 7.31. The van der Waals surface area contributed by atoms with E-state index in [0.717, 1.165) is 10.2 Å². The first kappa shape index (κ1) is 23.9. The molecule has 0 bridgehead atoms. The van der Waals surface area contributed by atoms with E-state index in [0.29, 0.717) is 35.1 Å². The van der Waals surface area contributed by atoms with Crippen LogP contribution in [-0.4, -0.2) is 20.5 Å². The van der Waals surface area contributed by atoms with E-state index in [1.807, 2.05) is 18.7 Å². The quantitative estimate of drug-likeness (QED) is 0.377. The summed E-state index contributed by atoms with van der Waals surface area (Å²) in [7, 11) is 1.98. The lowest BCUT2D eigenvalue weighted by Gasteiger charge is -2.25. The highest BCUT2D eigenvalue weighted by atomic mass is 79.9. The Hall–Kier alpha value is -3.20. The molecule has 0 radical (unpaired) electrons. The van der Waals surface area contributed by atoms with Crippen LogP contribution in [0, 0.1) is 5.82 Å². The minimum Gasteiger partial charge on any atom is -0.482 e. The predicted octanol–water partition coefficient (Wildman–Crippen LogP) is 5.49. The van der Waals surface area contributed by atoms with Crippen LogP contribution in [0.25, 0.3) is 0 Å². The van der Waals surface area contributed by atoms with E-state index < -0.39 is 6.10 Å². The number of benzene rings is 1. The molecule has 4 rings (SSSR count). The maximum absolute atomic E-state index is 14.2. The molecule has 1 saturated carbocycles. The lowest BCUT2D eigenvalue weighted by atomic mass is 9.83. The average Bonchev–Trinajstić information content (AvgIpc) is 3.10. The molecular weight excluding hydrogens is 499 g/mol. The van der Waals surface area contributed by atoms with Crippen molar-refractivity contribution in [3.05, 3.63) is 76.0 Å². The molecule has 0 saturated heterocycles. The zero-order chi connectivity index (χ0) is 24.2. The van der Waals surface area contributed by atoms with Gasteiger partial charge in [0.25, 0.3) is 0 Å². The number of aromatic nitrogens is 3. The number of rotatable bonds is 8. The van der Waals surface area contributed by atoms with Crippen molar-refractivity contribution >= 4 is 33.1 Å². The number of nitrogens with zero attached hydrogens (tertiary/aromatic N) is 4. The molecule has 0 amide bonds. The molecule has 0 unspecified atom stereocenters. The number of hydrogen-bond acceptors (Lipinski definition) is 6. The lowest BCUT2D eigenvalue weighted by molar-refractivity contribution is 0.227. The van der Waals surface area contributed by atoms with E-state index in [9.17, 15) is 4.39 Å². The van der Waals surface area contributed by atoms with Crippen molar-refractivity contribution in [2.24, 2.45) is 17.8 Å². The van der Waals surface area contributed by atoms with Crippen molar-refractivity contribution in [2.45, 2.75) is 44.6 Å². The van der Waals surface area contributed by atoms with Gasteiger partial charge in [0.05, 0.1) is 11.4 Å². The number of aliphatic imine (C=N–C) groups is 1. The van der Waals surface area contributed by atoms with E-state index in [-0.39, 0.29) is 11.6 Å². The maximum atomic E-state index is 14.2. The molecular formula is C25H28BrFN6O. The molecule has 2 heterocycles. The zero-order valence-corrected chi connectivity index (χ0v) is 20.8. The van der Waals surface area contributed by atoms with Gasteiger partial charge < -0.3 is 16.2 Å². The molecule has 9 heteroatoms. The highest BCUT2D eigenvalue weighted by Gasteiger charge is 2.23. The van der Waals surface area contributed by atoms with Gasteiger partial charge >= 0.3 is 0 Å². The number of ether oxygens (including phenoxy) is 1. The Morgan fingerprint density at radius 1 is 1.35 bits per heavy atom. The van der Waals surface area contributed by atoms with Crippen LogP contribution >= 0.6 is 15.9 Å². The van der Waals surface area contributed by atoms with Crippen LogP contribution in [0.1, 0.15) is 55.2 Å². The summed E-state index contributed by atoms with van der Waals surface area (Å²) in [5.74, 6) is 0.856. The first-order valence-electron chi connectivity index (χ1n) is 11.2. The number of halogens is 2. The number of nitrogen functional groups attached to an aromatic ring is 1. The lowest BCUT2D eigenvalue weighted by Crippen LogP contribution is -2.12. The second-order valence-corrected chi connectivity index (χ2v) is 9.37. The van der Waals surface area contributed by atoms with Crippen LogP contribution in [-0.2, 0) is 13.5 Å². The van der Waals surface area contributed by atoms with Crippen molar-refractivity contribution in [1.29, 1.82) is 0 Å². The highest BCUT2D eigenvalue weighted by Crippen LogP contribution is 2.36. The zero-order valence-electron chi connectivity index (χ0n) is 19.2. The normalized spacial score (nSPS) is 15.5. The Morgan fingerprint density at radius 2 is 2.15 bits per heavy atom. The van der Waals surface area contributed by atoms with E-state index in [1.54, 1.807) is 24.4 Å². The molecule has 0 aliphatic heterocycles. The van der Waals surface area contributed by atoms with Gasteiger partial charge in [0.1, 0.15) is 11.9 Å². The van der Waals surface area contributed by atoms with Crippen molar-refractivity contribution in [2.75, 3.05) is 5.73 Å². The Labute approximate surface area is 206 Å². The summed E-state index contributed by atoms with van der Waals surface area (Å²) >= 11 is 3.37. The van der Waals surface area contributed by atoms with Gasteiger partial charge in [0, 0.05) is 47.0 Å². The summed E-state index contributed by atoms with van der Waals surface area (Å²) in [6.45, 7) is 1.82. The molecule has 7 nitrogen and oxygen atoms in total. The van der Waals surface area contributed by atoms with Gasteiger partial charge in [0.2, 0.25) is 0 Å². The molecule has 1 fully saturated rings. The van der Waals surface area contributed by atoms with Crippen molar-refractivity contribution in [3.63, 3.8) is 0 Å². The summed E-state index contributed by atoms with van der Waals surface area (Å²) in [6.07, 6.45) is 8.43. The molecule has 1 aliphatic carbocycles. The number of nitrogens with two attached hydrogens (primary N) is 2. The Balaban J connectivity index is 1.62. The fourth-order valence-electron chi connectivity index (χ4n) is 4.04. The third-order valence-electron chi connectivity index (χ3n) is 5.98. The van der Waals surface area contributed by atoms with Gasteiger partial charge in [0.15, 0.2) is 11.6 Å². The molecule has 1 aliphatic rings. The molecule has 2 aromatic heterocycles. The number of pyridine rings is 1. The summed E-state index contributed by atoms with van der Waals surface area (Å²) in [5, 5.41) is 4.67. The number of anilines is 1. The first-order valence-corrected chi connectivity index (χ1v) is 12.0. The van der Waals surface area contributed by atoms with Crippen LogP contribution in [0.5, 0.6) is 5.75 Å². The molecule has 1 atom stereocenters. The van der Waals surface area contributed by atoms with Gasteiger partial charge in [-0.1, -0.05) is 6.42 Å². The first-order chi connectivity index (χ1) is 16.3. The number of allylic oxidation sites excluding steroid dienone is 1. The largest absolute Gasteiger partial charge is 0.482 e. The fraction of sp³-hybridized carbons (Fsp3) is 0.320. The molecule has 34 heavy (non-hydrogen) atoms. The molecule has 178 valence electrons. The van der Waals surface area contributed by atoms with Crippen molar-refractivity contribution in [1.82, 2.24) is 14.8 Å². The second-order valence-electron chi connectivity index (χ2n) is 8.45. The minimum atomic E-state index is -0.531. The van der Waals surface area contributed by atoms with Crippen molar-refractivity contribution < 1.29 is 9.13 Å². The van der Waals surface area contributed by atoms with E-state index in [2.05, 4.69) is 32.1 Å². The molecule has 0 spiro atoms. The smallest absolute Gasteiger partial charge is 0.166 e. The SMILES string of the molecule is C[C@@H](Oc1cc(Br)cnc1N)c1cc(F)ccc1N=C(C=CN)Cc1cc(C2CCC2)n(C)n1. The summed E-state index contributed by atoms with van der Waals surface area (Å²) in [6, 6.07) is 8.30. The summed E-state index contributed by atoms with van der Waals surface area (Å²) in [4.78, 5) is 8.89. The fourth-order valence-corrected chi connectivity index (χ4v) is 4.35. The average molecular weight is 527 g/mol. The third kappa shape index (κ3) is 5.47. The minimum absolute atomic E-state index is 0.251. The van der Waals surface area contributed by atoms with E-state index in [1.165, 1.54) is 43.3 Å². The van der Waals surface area contributed by atoms with Crippen LogP contribution in [0.3, 0.4) is 0 Å². The van der Waals surface area contributed by atoms with Crippen LogP contribution in [0.2, 0.25) is 0 Å². The van der Waals surface area contributed by atoms with Gasteiger partial charge in [-0.3, -0.25) is 9.67 Å².